The minimum Gasteiger partial charge on any atom is -0.480 e. The van der Waals surface area contributed by atoms with Gasteiger partial charge in [0, 0.05) is 31.4 Å². The van der Waals surface area contributed by atoms with E-state index in [2.05, 4.69) is 15.5 Å². The summed E-state index contributed by atoms with van der Waals surface area (Å²) < 4.78 is 5.18. The predicted molar refractivity (Wildman–Crippen MR) is 74.0 cm³/mol. The van der Waals surface area contributed by atoms with Gasteiger partial charge in [-0.05, 0) is 6.07 Å². The first kappa shape index (κ1) is 13.6. The molecule has 0 bridgehead atoms. The number of benzene rings is 1. The number of amides is 1. The highest BCUT2D eigenvalue weighted by molar-refractivity contribution is 6.06. The number of H-pyrrole nitrogens is 1. The minimum atomic E-state index is -1.28. The number of carbonyl (C=O) groups excluding carboxylic acids is 1. The minimum absolute atomic E-state index is 0.206. The third kappa shape index (κ3) is 2.36. The second kappa shape index (κ2) is 5.17. The van der Waals surface area contributed by atoms with Crippen molar-refractivity contribution in [1.82, 2.24) is 15.5 Å². The van der Waals surface area contributed by atoms with Gasteiger partial charge < -0.3 is 15.2 Å². The van der Waals surface area contributed by atoms with Crippen LogP contribution < -0.4 is 5.32 Å². The number of hydrogen-bond acceptors (Lipinski definition) is 4. The van der Waals surface area contributed by atoms with Gasteiger partial charge in [-0.3, -0.25) is 9.89 Å². The number of nitrogens with one attached hydrogen (secondary N) is 2. The van der Waals surface area contributed by atoms with Gasteiger partial charge in [0.15, 0.2) is 5.69 Å². The summed E-state index contributed by atoms with van der Waals surface area (Å²) in [5.41, 5.74) is -0.341. The summed E-state index contributed by atoms with van der Waals surface area (Å²) >= 11 is 0. The van der Waals surface area contributed by atoms with Crippen LogP contribution in [0.1, 0.15) is 23.3 Å². The van der Waals surface area contributed by atoms with E-state index >= 15 is 0 Å². The van der Waals surface area contributed by atoms with Crippen molar-refractivity contribution in [3.05, 3.63) is 30.0 Å². The fourth-order valence-electron chi connectivity index (χ4n) is 2.53. The molecule has 1 aromatic heterocycles. The number of carboxylic acids is 1. The molecule has 0 spiro atoms. The van der Waals surface area contributed by atoms with Crippen LogP contribution in [0, 0.1) is 0 Å². The fraction of sp³-hybridized carbons (Fsp3) is 0.357. The number of aromatic amines is 1. The van der Waals surface area contributed by atoms with E-state index in [0.717, 1.165) is 5.52 Å². The van der Waals surface area contributed by atoms with Gasteiger partial charge >= 0.3 is 5.97 Å². The Morgan fingerprint density at radius 1 is 1.29 bits per heavy atom. The largest absolute Gasteiger partial charge is 0.480 e. The van der Waals surface area contributed by atoms with Crippen LogP contribution in [0.5, 0.6) is 0 Å². The zero-order valence-corrected chi connectivity index (χ0v) is 11.3. The predicted octanol–water partition coefficient (Wildman–Crippen LogP) is 0.926. The topological polar surface area (TPSA) is 104 Å². The monoisotopic (exact) mass is 289 g/mol. The van der Waals surface area contributed by atoms with Gasteiger partial charge in [0.2, 0.25) is 0 Å². The van der Waals surface area contributed by atoms with Crippen molar-refractivity contribution in [2.24, 2.45) is 0 Å². The standard InChI is InChI=1S/C14H15N3O4/c18-12(11-9-3-1-2-4-10(9)16-17-11)15-14(13(19)20)5-7-21-8-6-14/h1-4H,5-8H2,(H,15,18)(H,16,17)(H,19,20). The van der Waals surface area contributed by atoms with Gasteiger partial charge in [-0.25, -0.2) is 4.79 Å². The summed E-state index contributed by atoms with van der Waals surface area (Å²) in [7, 11) is 0. The molecule has 2 aromatic rings. The van der Waals surface area contributed by atoms with Crippen LogP contribution in [0.25, 0.3) is 10.9 Å². The van der Waals surface area contributed by atoms with E-state index < -0.39 is 17.4 Å². The lowest BCUT2D eigenvalue weighted by Crippen LogP contribution is -2.57. The zero-order valence-electron chi connectivity index (χ0n) is 11.3. The molecule has 1 aliphatic heterocycles. The Morgan fingerprint density at radius 2 is 2.00 bits per heavy atom. The van der Waals surface area contributed by atoms with Crippen LogP contribution in [0.3, 0.4) is 0 Å². The van der Waals surface area contributed by atoms with Crippen LogP contribution in [0.2, 0.25) is 0 Å². The Bertz CT molecular complexity index is 688. The SMILES string of the molecule is O=C(NC1(C(=O)O)CCOCC1)c1n[nH]c2ccccc12. The van der Waals surface area contributed by atoms with Crippen molar-refractivity contribution in [3.63, 3.8) is 0 Å². The third-order valence-corrected chi connectivity index (χ3v) is 3.79. The first-order chi connectivity index (χ1) is 10.1. The number of para-hydroxylation sites is 1. The van der Waals surface area contributed by atoms with Crippen LogP contribution >= 0.6 is 0 Å². The lowest BCUT2D eigenvalue weighted by molar-refractivity contribution is -0.148. The second-order valence-corrected chi connectivity index (χ2v) is 5.07. The molecule has 3 N–H and O–H groups in total. The van der Waals surface area contributed by atoms with Gasteiger partial charge in [0.25, 0.3) is 5.91 Å². The van der Waals surface area contributed by atoms with E-state index in [9.17, 15) is 14.7 Å². The smallest absolute Gasteiger partial charge is 0.329 e. The number of aromatic nitrogens is 2. The van der Waals surface area contributed by atoms with E-state index in [1.807, 2.05) is 6.07 Å². The second-order valence-electron chi connectivity index (χ2n) is 5.07. The molecule has 1 aliphatic rings. The molecular formula is C14H15N3O4. The molecule has 110 valence electrons. The Hall–Kier alpha value is -2.41. The lowest BCUT2D eigenvalue weighted by Gasteiger charge is -2.33. The van der Waals surface area contributed by atoms with Crippen LogP contribution in [0.15, 0.2) is 24.3 Å². The summed E-state index contributed by atoms with van der Waals surface area (Å²) in [5, 5.41) is 19.5. The van der Waals surface area contributed by atoms with Crippen LogP contribution in [-0.4, -0.2) is 45.9 Å². The molecule has 1 fully saturated rings. The first-order valence-electron chi connectivity index (χ1n) is 6.69. The highest BCUT2D eigenvalue weighted by Crippen LogP contribution is 2.23. The maximum atomic E-state index is 12.4. The molecule has 2 heterocycles. The normalized spacial score (nSPS) is 17.5. The van der Waals surface area contributed by atoms with Gasteiger partial charge in [0.1, 0.15) is 5.54 Å². The van der Waals surface area contributed by atoms with E-state index in [1.165, 1.54) is 0 Å². The highest BCUT2D eigenvalue weighted by Gasteiger charge is 2.42. The number of carbonyl (C=O) groups is 2. The molecule has 0 atom stereocenters. The molecule has 0 saturated carbocycles. The van der Waals surface area contributed by atoms with Gasteiger partial charge in [0.05, 0.1) is 5.52 Å². The van der Waals surface area contributed by atoms with E-state index in [4.69, 9.17) is 4.74 Å². The molecule has 1 aromatic carbocycles. The number of fused-ring (bicyclic) bond motifs is 1. The van der Waals surface area contributed by atoms with Crippen molar-refractivity contribution in [2.45, 2.75) is 18.4 Å². The van der Waals surface area contributed by atoms with Gasteiger partial charge in [-0.1, -0.05) is 18.2 Å². The van der Waals surface area contributed by atoms with E-state index in [-0.39, 0.29) is 18.5 Å². The average Bonchev–Trinajstić information content (AvgIpc) is 2.92. The molecule has 1 amide bonds. The number of rotatable bonds is 3. The van der Waals surface area contributed by atoms with Crippen LogP contribution in [-0.2, 0) is 9.53 Å². The molecule has 7 nitrogen and oxygen atoms in total. The number of nitrogens with zero attached hydrogens (tertiary/aromatic N) is 1. The third-order valence-electron chi connectivity index (χ3n) is 3.79. The highest BCUT2D eigenvalue weighted by atomic mass is 16.5. The summed E-state index contributed by atoms with van der Waals surface area (Å²) in [6.07, 6.45) is 0.493. The van der Waals surface area contributed by atoms with Gasteiger partial charge in [-0.15, -0.1) is 0 Å². The van der Waals surface area contributed by atoms with E-state index in [1.54, 1.807) is 18.2 Å². The van der Waals surface area contributed by atoms with Crippen molar-refractivity contribution in [1.29, 1.82) is 0 Å². The Morgan fingerprint density at radius 3 is 2.71 bits per heavy atom. The van der Waals surface area contributed by atoms with E-state index in [0.29, 0.717) is 18.6 Å². The maximum absolute atomic E-state index is 12.4. The average molecular weight is 289 g/mol. The molecule has 7 heteroatoms. The van der Waals surface area contributed by atoms with Crippen molar-refractivity contribution in [3.8, 4) is 0 Å². The number of ether oxygens (including phenoxy) is 1. The summed E-state index contributed by atoms with van der Waals surface area (Å²) in [5.74, 6) is -1.53. The van der Waals surface area contributed by atoms with Crippen molar-refractivity contribution < 1.29 is 19.4 Å². The molecule has 0 radical (unpaired) electrons. The fourth-order valence-corrected chi connectivity index (χ4v) is 2.53. The Balaban J connectivity index is 1.89. The summed E-state index contributed by atoms with van der Waals surface area (Å²) in [6, 6.07) is 7.21. The number of carboxylic acid groups (broad SMARTS) is 1. The summed E-state index contributed by atoms with van der Waals surface area (Å²) in [4.78, 5) is 23.9. The maximum Gasteiger partial charge on any atom is 0.329 e. The lowest BCUT2D eigenvalue weighted by atomic mass is 9.90. The number of hydrogen-bond donors (Lipinski definition) is 3. The molecule has 3 rings (SSSR count). The quantitative estimate of drug-likeness (QED) is 0.779. The number of aliphatic carboxylic acids is 1. The van der Waals surface area contributed by atoms with Crippen molar-refractivity contribution >= 4 is 22.8 Å². The molecule has 1 saturated heterocycles. The van der Waals surface area contributed by atoms with Crippen molar-refractivity contribution in [2.75, 3.05) is 13.2 Å². The van der Waals surface area contributed by atoms with Crippen LogP contribution in [0.4, 0.5) is 0 Å². The van der Waals surface area contributed by atoms with Gasteiger partial charge in [-0.2, -0.15) is 5.10 Å². The molecule has 0 aliphatic carbocycles. The molecule has 21 heavy (non-hydrogen) atoms. The first-order valence-corrected chi connectivity index (χ1v) is 6.69. The summed E-state index contributed by atoms with van der Waals surface area (Å²) in [6.45, 7) is 0.627. The molecular weight excluding hydrogens is 274 g/mol. The molecule has 0 unspecified atom stereocenters. The zero-order chi connectivity index (χ0) is 14.9. The Kier molecular flexibility index (Phi) is 3.34. The Labute approximate surface area is 120 Å².